The van der Waals surface area contributed by atoms with E-state index in [-0.39, 0.29) is 0 Å². The van der Waals surface area contributed by atoms with Crippen LogP contribution in [0.4, 0.5) is 11.5 Å². The lowest BCUT2D eigenvalue weighted by atomic mass is 10.3. The van der Waals surface area contributed by atoms with Gasteiger partial charge in [-0.25, -0.2) is 4.98 Å². The summed E-state index contributed by atoms with van der Waals surface area (Å²) in [5, 5.41) is 3.75. The zero-order chi connectivity index (χ0) is 11.5. The molecule has 2 nitrogen and oxygen atoms in total. The maximum Gasteiger partial charge on any atom is 0.149 e. The molecule has 0 amide bonds. The van der Waals surface area contributed by atoms with E-state index in [0.29, 0.717) is 10.8 Å². The number of benzene rings is 1. The zero-order valence-corrected chi connectivity index (χ0v) is 12.5. The van der Waals surface area contributed by atoms with Gasteiger partial charge in [-0.3, -0.25) is 0 Å². The van der Waals surface area contributed by atoms with Crippen molar-refractivity contribution in [2.75, 3.05) is 5.32 Å². The van der Waals surface area contributed by atoms with Crippen LogP contribution in [-0.4, -0.2) is 4.98 Å². The van der Waals surface area contributed by atoms with Gasteiger partial charge in [-0.05, 0) is 68.9 Å². The van der Waals surface area contributed by atoms with Crippen molar-refractivity contribution in [1.82, 2.24) is 4.98 Å². The van der Waals surface area contributed by atoms with Gasteiger partial charge in [0, 0.05) is 19.9 Å². The van der Waals surface area contributed by atoms with Crippen molar-refractivity contribution in [2.45, 2.75) is 0 Å². The number of aromatic nitrogens is 1. The van der Waals surface area contributed by atoms with E-state index in [9.17, 15) is 0 Å². The number of rotatable bonds is 2. The van der Waals surface area contributed by atoms with E-state index in [4.69, 9.17) is 11.6 Å². The number of halogens is 3. The molecule has 0 aliphatic rings. The summed E-state index contributed by atoms with van der Waals surface area (Å²) in [4.78, 5) is 4.20. The first-order valence-electron chi connectivity index (χ1n) is 4.49. The van der Waals surface area contributed by atoms with Crippen LogP contribution in [0.3, 0.4) is 0 Å². The highest BCUT2D eigenvalue weighted by Crippen LogP contribution is 2.26. The second kappa shape index (κ2) is 5.33. The van der Waals surface area contributed by atoms with Crippen molar-refractivity contribution >= 4 is 61.6 Å². The average Bonchev–Trinajstić information content (AvgIpc) is 2.25. The lowest BCUT2D eigenvalue weighted by molar-refractivity contribution is 1.29. The van der Waals surface area contributed by atoms with Crippen molar-refractivity contribution < 1.29 is 0 Å². The number of hydrogen-bond acceptors (Lipinski definition) is 2. The first kappa shape index (κ1) is 12.1. The lowest BCUT2D eigenvalue weighted by Gasteiger charge is -2.07. The van der Waals surface area contributed by atoms with Crippen LogP contribution in [-0.2, 0) is 0 Å². The minimum atomic E-state index is 0.591. The predicted octanol–water partition coefficient (Wildman–Crippen LogP) is 4.85. The molecule has 1 N–H and O–H groups in total. The largest absolute Gasteiger partial charge is 0.339 e. The molecular weight excluding hydrogens is 402 g/mol. The summed E-state index contributed by atoms with van der Waals surface area (Å²) < 4.78 is 2.06. The van der Waals surface area contributed by atoms with Crippen LogP contribution < -0.4 is 5.32 Å². The van der Waals surface area contributed by atoms with Gasteiger partial charge >= 0.3 is 0 Å². The lowest BCUT2D eigenvalue weighted by Crippen LogP contribution is -1.94. The Balaban J connectivity index is 2.23. The molecule has 0 saturated heterocycles. The maximum absolute atomic E-state index is 6.05. The molecule has 2 rings (SSSR count). The molecule has 1 aromatic heterocycles. The summed E-state index contributed by atoms with van der Waals surface area (Å²) in [5.74, 6) is 0.658. The minimum Gasteiger partial charge on any atom is -0.339 e. The molecule has 0 radical (unpaired) electrons. The summed E-state index contributed by atoms with van der Waals surface area (Å²) in [5.41, 5.74) is 0.970. The van der Waals surface area contributed by atoms with Crippen LogP contribution in [0.5, 0.6) is 0 Å². The number of nitrogens with one attached hydrogen (secondary N) is 1. The SMILES string of the molecule is Clc1cc(Br)cnc1Nc1ccc(I)cc1. The second-order valence-corrected chi connectivity index (χ2v) is 5.68. The molecule has 0 fully saturated rings. The van der Waals surface area contributed by atoms with Gasteiger partial charge < -0.3 is 5.32 Å². The van der Waals surface area contributed by atoms with Gasteiger partial charge in [-0.2, -0.15) is 0 Å². The molecule has 0 aliphatic carbocycles. The van der Waals surface area contributed by atoms with Gasteiger partial charge in [0.25, 0.3) is 0 Å². The Morgan fingerprint density at radius 3 is 2.56 bits per heavy atom. The van der Waals surface area contributed by atoms with Crippen molar-refractivity contribution in [1.29, 1.82) is 0 Å². The molecule has 2 aromatic rings. The van der Waals surface area contributed by atoms with Gasteiger partial charge in [-0.1, -0.05) is 11.6 Å². The average molecular weight is 409 g/mol. The molecule has 1 heterocycles. The van der Waals surface area contributed by atoms with E-state index in [0.717, 1.165) is 10.2 Å². The quantitative estimate of drug-likeness (QED) is 0.718. The standard InChI is InChI=1S/C11H7BrClIN2/c12-7-5-10(13)11(15-6-7)16-9-3-1-8(14)2-4-9/h1-6H,(H,15,16). The molecule has 16 heavy (non-hydrogen) atoms. The fourth-order valence-electron chi connectivity index (χ4n) is 1.18. The van der Waals surface area contributed by atoms with E-state index in [1.165, 1.54) is 3.57 Å². The highest BCUT2D eigenvalue weighted by Gasteiger charge is 2.02. The molecular formula is C11H7BrClIN2. The van der Waals surface area contributed by atoms with Crippen molar-refractivity contribution in [2.24, 2.45) is 0 Å². The predicted molar refractivity (Wildman–Crippen MR) is 79.4 cm³/mol. The van der Waals surface area contributed by atoms with E-state index in [1.807, 2.05) is 30.3 Å². The van der Waals surface area contributed by atoms with Gasteiger partial charge in [0.1, 0.15) is 5.82 Å². The molecule has 0 aliphatic heterocycles. The Bertz CT molecular complexity index is 502. The molecule has 0 spiro atoms. The first-order valence-corrected chi connectivity index (χ1v) is 6.74. The van der Waals surface area contributed by atoms with E-state index in [2.05, 4.69) is 48.8 Å². The Hall–Kier alpha value is -0.330. The van der Waals surface area contributed by atoms with Gasteiger partial charge in [0.2, 0.25) is 0 Å². The number of pyridine rings is 1. The number of nitrogens with zero attached hydrogens (tertiary/aromatic N) is 1. The Kier molecular flexibility index (Phi) is 4.05. The van der Waals surface area contributed by atoms with E-state index >= 15 is 0 Å². The van der Waals surface area contributed by atoms with Crippen molar-refractivity contribution in [3.05, 3.63) is 49.6 Å². The summed E-state index contributed by atoms with van der Waals surface area (Å²) in [6.45, 7) is 0. The number of hydrogen-bond donors (Lipinski definition) is 1. The van der Waals surface area contributed by atoms with Gasteiger partial charge in [0.15, 0.2) is 0 Å². The summed E-state index contributed by atoms with van der Waals surface area (Å²) >= 11 is 11.6. The second-order valence-electron chi connectivity index (χ2n) is 3.12. The van der Waals surface area contributed by atoms with Crippen LogP contribution in [0.25, 0.3) is 0 Å². The summed E-state index contributed by atoms with van der Waals surface area (Å²) in [6, 6.07) is 9.83. The minimum absolute atomic E-state index is 0.591. The Labute approximate surface area is 121 Å². The van der Waals surface area contributed by atoms with E-state index < -0.39 is 0 Å². The zero-order valence-electron chi connectivity index (χ0n) is 8.05. The molecule has 1 aromatic carbocycles. The molecule has 0 bridgehead atoms. The summed E-state index contributed by atoms with van der Waals surface area (Å²) in [6.07, 6.45) is 1.71. The fraction of sp³-hybridized carbons (Fsp3) is 0. The van der Waals surface area contributed by atoms with E-state index in [1.54, 1.807) is 6.20 Å². The highest BCUT2D eigenvalue weighted by molar-refractivity contribution is 14.1. The molecule has 0 saturated carbocycles. The Morgan fingerprint density at radius 1 is 1.25 bits per heavy atom. The first-order chi connectivity index (χ1) is 7.65. The topological polar surface area (TPSA) is 24.9 Å². The van der Waals surface area contributed by atoms with Gasteiger partial charge in [-0.15, -0.1) is 0 Å². The monoisotopic (exact) mass is 408 g/mol. The molecule has 5 heteroatoms. The molecule has 0 atom stereocenters. The smallest absolute Gasteiger partial charge is 0.149 e. The van der Waals surface area contributed by atoms with Crippen LogP contribution >= 0.6 is 50.1 Å². The van der Waals surface area contributed by atoms with Crippen LogP contribution in [0.1, 0.15) is 0 Å². The highest BCUT2D eigenvalue weighted by atomic mass is 127. The molecule has 82 valence electrons. The van der Waals surface area contributed by atoms with Gasteiger partial charge in [0.05, 0.1) is 5.02 Å². The Morgan fingerprint density at radius 2 is 1.94 bits per heavy atom. The van der Waals surface area contributed by atoms with Crippen molar-refractivity contribution in [3.8, 4) is 0 Å². The summed E-state index contributed by atoms with van der Waals surface area (Å²) in [7, 11) is 0. The van der Waals surface area contributed by atoms with Crippen LogP contribution in [0.15, 0.2) is 41.0 Å². The fourth-order valence-corrected chi connectivity index (χ4v) is 2.21. The third kappa shape index (κ3) is 3.09. The molecule has 0 unspecified atom stereocenters. The van der Waals surface area contributed by atoms with Crippen molar-refractivity contribution in [3.63, 3.8) is 0 Å². The number of anilines is 2. The third-order valence-electron chi connectivity index (χ3n) is 1.91. The van der Waals surface area contributed by atoms with Crippen LogP contribution in [0, 0.1) is 3.57 Å². The van der Waals surface area contributed by atoms with Crippen LogP contribution in [0.2, 0.25) is 5.02 Å². The normalized spacial score (nSPS) is 10.2. The maximum atomic E-state index is 6.05. The third-order valence-corrected chi connectivity index (χ3v) is 3.36.